The highest BCUT2D eigenvalue weighted by atomic mass is 31.2. The summed E-state index contributed by atoms with van der Waals surface area (Å²) in [5.41, 5.74) is 0. The molecule has 3 atom stereocenters. The average molecular weight is 984 g/mol. The van der Waals surface area contributed by atoms with E-state index in [9.17, 15) is 19.0 Å². The highest BCUT2D eigenvalue weighted by Gasteiger charge is 2.27. The number of nitrogens with zero attached hydrogens (tertiary/aromatic N) is 1. The third-order valence-electron chi connectivity index (χ3n) is 13.5. The number of unbranched alkanes of at least 4 members (excludes halogenated alkanes) is 38. The van der Waals surface area contributed by atoms with E-state index in [-0.39, 0.29) is 31.5 Å². The van der Waals surface area contributed by atoms with Crippen LogP contribution in [-0.2, 0) is 27.9 Å². The van der Waals surface area contributed by atoms with E-state index in [1.807, 2.05) is 33.3 Å². The zero-order chi connectivity index (χ0) is 50.1. The molecule has 404 valence electrons. The number of hydrogen-bond donors (Lipinski definition) is 1. The highest BCUT2D eigenvalue weighted by molar-refractivity contribution is 7.45. The second-order valence-corrected chi connectivity index (χ2v) is 22.9. The molecule has 9 nitrogen and oxygen atoms in total. The van der Waals surface area contributed by atoms with E-state index in [0.29, 0.717) is 17.4 Å². The van der Waals surface area contributed by atoms with Gasteiger partial charge in [-0.15, -0.1) is 0 Å². The summed E-state index contributed by atoms with van der Waals surface area (Å²) in [6, 6.07) is -0.878. The van der Waals surface area contributed by atoms with Crippen molar-refractivity contribution in [3.05, 3.63) is 12.2 Å². The molecule has 0 saturated carbocycles. The van der Waals surface area contributed by atoms with E-state index in [1.165, 1.54) is 205 Å². The van der Waals surface area contributed by atoms with Crippen LogP contribution in [0.5, 0.6) is 0 Å². The van der Waals surface area contributed by atoms with E-state index >= 15 is 0 Å². The van der Waals surface area contributed by atoms with Crippen LogP contribution in [0.2, 0.25) is 0 Å². The minimum Gasteiger partial charge on any atom is -0.756 e. The van der Waals surface area contributed by atoms with Crippen molar-refractivity contribution >= 4 is 19.7 Å². The molecule has 0 heterocycles. The van der Waals surface area contributed by atoms with Gasteiger partial charge in [0.2, 0.25) is 5.91 Å². The summed E-state index contributed by atoms with van der Waals surface area (Å²) in [4.78, 5) is 39.8. The average Bonchev–Trinajstić information content (AvgIpc) is 3.29. The molecule has 0 aromatic heterocycles. The first kappa shape index (κ1) is 66.8. The van der Waals surface area contributed by atoms with Gasteiger partial charge in [-0.05, 0) is 31.8 Å². The molecule has 0 rings (SSSR count). The molecule has 0 bridgehead atoms. The maximum Gasteiger partial charge on any atom is 0.306 e. The molecule has 10 heteroatoms. The summed E-state index contributed by atoms with van der Waals surface area (Å²) < 4.78 is 30.3. The minimum atomic E-state index is -4.68. The summed E-state index contributed by atoms with van der Waals surface area (Å²) in [7, 11) is 1.20. The minimum absolute atomic E-state index is 0.0169. The van der Waals surface area contributed by atoms with Crippen LogP contribution in [0.25, 0.3) is 0 Å². The predicted molar refractivity (Wildman–Crippen MR) is 289 cm³/mol. The first-order valence-electron chi connectivity index (χ1n) is 29.5. The number of rotatable bonds is 54. The molecule has 0 aromatic rings. The van der Waals surface area contributed by atoms with Gasteiger partial charge in [-0.3, -0.25) is 14.2 Å². The summed E-state index contributed by atoms with van der Waals surface area (Å²) in [5.74, 6) is -0.522. The molecule has 0 radical (unpaired) electrons. The smallest absolute Gasteiger partial charge is 0.306 e. The van der Waals surface area contributed by atoms with Gasteiger partial charge in [0.25, 0.3) is 7.82 Å². The number of ether oxygens (including phenoxy) is 1. The fourth-order valence-electron chi connectivity index (χ4n) is 8.88. The summed E-state index contributed by atoms with van der Waals surface area (Å²) in [6.45, 7) is 6.88. The third-order valence-corrected chi connectivity index (χ3v) is 14.4. The summed E-state index contributed by atoms with van der Waals surface area (Å²) in [5, 5.41) is 3.03. The number of amides is 1. The SMILES string of the molecule is CCCCCCCCCCCCC/C=C/C(OC(=O)CCCCCCCCCCCCCCC)C(COP(=O)([O-])OCC[N+](C)(C)C)NC(=O)CCCCCCCCCCCCCCCCCC. The van der Waals surface area contributed by atoms with Crippen LogP contribution in [0.3, 0.4) is 0 Å². The highest BCUT2D eigenvalue weighted by Crippen LogP contribution is 2.38. The van der Waals surface area contributed by atoms with Crippen LogP contribution in [0.15, 0.2) is 12.2 Å². The summed E-state index contributed by atoms with van der Waals surface area (Å²) >= 11 is 0. The van der Waals surface area contributed by atoms with Crippen molar-refractivity contribution in [2.24, 2.45) is 0 Å². The van der Waals surface area contributed by atoms with E-state index in [1.54, 1.807) is 0 Å². The third kappa shape index (κ3) is 49.7. The van der Waals surface area contributed by atoms with Crippen LogP contribution in [0, 0.1) is 0 Å². The van der Waals surface area contributed by atoms with Crippen molar-refractivity contribution in [2.75, 3.05) is 40.9 Å². The van der Waals surface area contributed by atoms with Crippen molar-refractivity contribution in [3.8, 4) is 0 Å². The molecule has 1 N–H and O–H groups in total. The molecule has 0 saturated heterocycles. The Hall–Kier alpha value is -1.25. The Labute approximate surface area is 422 Å². The number of quaternary nitrogens is 1. The predicted octanol–water partition coefficient (Wildman–Crippen LogP) is 17.0. The molecular weight excluding hydrogens is 868 g/mol. The lowest BCUT2D eigenvalue weighted by molar-refractivity contribution is -0.870. The van der Waals surface area contributed by atoms with Crippen LogP contribution >= 0.6 is 7.82 Å². The van der Waals surface area contributed by atoms with Crippen LogP contribution in [0.4, 0.5) is 0 Å². The van der Waals surface area contributed by atoms with Crippen molar-refractivity contribution in [2.45, 2.75) is 309 Å². The van der Waals surface area contributed by atoms with Gasteiger partial charge in [-0.25, -0.2) is 0 Å². The number of phosphoric ester groups is 1. The Bertz CT molecular complexity index is 1180. The molecule has 0 spiro atoms. The molecule has 0 aliphatic rings. The van der Waals surface area contributed by atoms with Crippen molar-refractivity contribution < 1.29 is 37.3 Å². The Morgan fingerprint density at radius 1 is 0.500 bits per heavy atom. The Balaban J connectivity index is 5.31. The molecular formula is C58H115N2O7P. The molecule has 0 aliphatic heterocycles. The number of carbonyl (C=O) groups is 2. The van der Waals surface area contributed by atoms with E-state index < -0.39 is 20.0 Å². The summed E-state index contributed by atoms with van der Waals surface area (Å²) in [6.07, 6.45) is 54.5. The largest absolute Gasteiger partial charge is 0.756 e. The fraction of sp³-hybridized carbons (Fsp3) is 0.931. The molecule has 68 heavy (non-hydrogen) atoms. The lowest BCUT2D eigenvalue weighted by Crippen LogP contribution is -2.47. The van der Waals surface area contributed by atoms with E-state index in [4.69, 9.17) is 13.8 Å². The van der Waals surface area contributed by atoms with E-state index in [0.717, 1.165) is 57.8 Å². The standard InChI is InChI=1S/C58H115N2O7P/c1-7-10-13-16-19-22-25-28-29-30-33-35-38-41-44-47-50-57(61)59-55(54-66-68(63,64)65-53-52-60(4,5)6)56(49-46-43-40-37-34-31-26-23-20-17-14-11-8-2)67-58(62)51-48-45-42-39-36-32-27-24-21-18-15-12-9-3/h46,49,55-56H,7-45,47-48,50-54H2,1-6H3,(H-,59,61,63,64)/b49-46+. The molecule has 3 unspecified atom stereocenters. The molecule has 1 amide bonds. The quantitative estimate of drug-likeness (QED) is 0.0212. The molecule has 0 aliphatic carbocycles. The van der Waals surface area contributed by atoms with Gasteiger partial charge in [0.15, 0.2) is 0 Å². The van der Waals surface area contributed by atoms with Crippen LogP contribution in [-0.4, -0.2) is 69.4 Å². The molecule has 0 fully saturated rings. The van der Waals surface area contributed by atoms with Gasteiger partial charge >= 0.3 is 5.97 Å². The zero-order valence-electron chi connectivity index (χ0n) is 46.1. The topological polar surface area (TPSA) is 114 Å². The lowest BCUT2D eigenvalue weighted by atomic mass is 10.0. The number of likely N-dealkylation sites (N-methyl/N-ethyl adjacent to an activating group) is 1. The van der Waals surface area contributed by atoms with Crippen molar-refractivity contribution in [1.82, 2.24) is 5.32 Å². The number of esters is 1. The number of phosphoric acid groups is 1. The number of carbonyl (C=O) groups excluding carboxylic acids is 2. The second-order valence-electron chi connectivity index (χ2n) is 21.5. The number of hydrogen-bond acceptors (Lipinski definition) is 7. The first-order valence-corrected chi connectivity index (χ1v) is 31.0. The maximum atomic E-state index is 13.5. The normalized spacial score (nSPS) is 13.8. The Morgan fingerprint density at radius 2 is 0.838 bits per heavy atom. The number of allylic oxidation sites excluding steroid dienone is 1. The van der Waals surface area contributed by atoms with Crippen molar-refractivity contribution in [3.63, 3.8) is 0 Å². The lowest BCUT2D eigenvalue weighted by Gasteiger charge is -2.30. The maximum absolute atomic E-state index is 13.5. The Morgan fingerprint density at radius 3 is 1.21 bits per heavy atom. The van der Waals surface area contributed by atoms with Crippen LogP contribution in [0.1, 0.15) is 297 Å². The zero-order valence-corrected chi connectivity index (χ0v) is 47.0. The van der Waals surface area contributed by atoms with Gasteiger partial charge in [0.05, 0.1) is 33.8 Å². The van der Waals surface area contributed by atoms with Gasteiger partial charge in [-0.1, -0.05) is 264 Å². The number of nitrogens with one attached hydrogen (secondary N) is 1. The van der Waals surface area contributed by atoms with Crippen LogP contribution < -0.4 is 10.2 Å². The molecule has 0 aromatic carbocycles. The van der Waals surface area contributed by atoms with Gasteiger partial charge in [0.1, 0.15) is 19.3 Å². The van der Waals surface area contributed by atoms with Gasteiger partial charge in [0, 0.05) is 12.8 Å². The Kier molecular flexibility index (Phi) is 48.4. The van der Waals surface area contributed by atoms with Gasteiger partial charge < -0.3 is 28.5 Å². The van der Waals surface area contributed by atoms with Crippen molar-refractivity contribution in [1.29, 1.82) is 0 Å². The van der Waals surface area contributed by atoms with E-state index in [2.05, 4.69) is 26.1 Å². The van der Waals surface area contributed by atoms with Gasteiger partial charge in [-0.2, -0.15) is 0 Å². The second kappa shape index (κ2) is 49.3. The first-order chi connectivity index (χ1) is 32.9. The monoisotopic (exact) mass is 983 g/mol. The fourth-order valence-corrected chi connectivity index (χ4v) is 9.60.